The number of hydrogen-bond acceptors (Lipinski definition) is 3. The van der Waals surface area contributed by atoms with Crippen LogP contribution in [0.5, 0.6) is 0 Å². The van der Waals surface area contributed by atoms with Crippen molar-refractivity contribution in [2.75, 3.05) is 13.2 Å². The summed E-state index contributed by atoms with van der Waals surface area (Å²) in [4.78, 5) is 11.4. The highest BCUT2D eigenvalue weighted by atomic mass is 16.5. The molecule has 0 rings (SSSR count). The third-order valence-corrected chi connectivity index (χ3v) is 2.96. The Balaban J connectivity index is 4.17. The Labute approximate surface area is 92.1 Å². The van der Waals surface area contributed by atoms with E-state index in [2.05, 4.69) is 27.4 Å². The lowest BCUT2D eigenvalue weighted by atomic mass is 9.79. The van der Waals surface area contributed by atoms with Gasteiger partial charge < -0.3 is 9.84 Å². The van der Waals surface area contributed by atoms with Crippen LogP contribution in [0.25, 0.3) is 0 Å². The van der Waals surface area contributed by atoms with Crippen LogP contribution in [0.2, 0.25) is 0 Å². The van der Waals surface area contributed by atoms with Crippen LogP contribution in [-0.4, -0.2) is 24.3 Å². The van der Waals surface area contributed by atoms with Crippen molar-refractivity contribution in [1.82, 2.24) is 0 Å². The number of rotatable bonds is 7. The minimum Gasteiger partial charge on any atom is -0.460 e. The van der Waals surface area contributed by atoms with Gasteiger partial charge in [0.2, 0.25) is 0 Å². The van der Waals surface area contributed by atoms with Gasteiger partial charge in [0.25, 0.3) is 0 Å². The molecule has 0 aromatic rings. The molecule has 0 saturated heterocycles. The number of carbonyl (C=O) groups excluding carboxylic acids is 1. The van der Waals surface area contributed by atoms with Crippen LogP contribution < -0.4 is 0 Å². The second-order valence-electron chi connectivity index (χ2n) is 4.16. The van der Waals surface area contributed by atoms with Crippen molar-refractivity contribution < 1.29 is 14.6 Å². The van der Waals surface area contributed by atoms with Crippen molar-refractivity contribution in [1.29, 1.82) is 0 Å². The molecule has 0 aliphatic heterocycles. The van der Waals surface area contributed by atoms with Crippen molar-refractivity contribution in [3.05, 3.63) is 12.2 Å². The molecule has 3 nitrogen and oxygen atoms in total. The van der Waals surface area contributed by atoms with Crippen LogP contribution in [0, 0.1) is 5.41 Å². The zero-order chi connectivity index (χ0) is 11.9. The average molecular weight is 214 g/mol. The zero-order valence-electron chi connectivity index (χ0n) is 10.0. The lowest BCUT2D eigenvalue weighted by molar-refractivity contribution is -0.140. The molecule has 0 aromatic heterocycles. The van der Waals surface area contributed by atoms with Crippen molar-refractivity contribution in [3.63, 3.8) is 0 Å². The molecule has 0 heterocycles. The Kier molecular flexibility index (Phi) is 6.25. The summed E-state index contributed by atoms with van der Waals surface area (Å²) in [6.45, 7) is 9.99. The van der Waals surface area contributed by atoms with Gasteiger partial charge in [0, 0.05) is 5.57 Å². The predicted octanol–water partition coefficient (Wildman–Crippen LogP) is 2.29. The van der Waals surface area contributed by atoms with E-state index < -0.39 is 5.97 Å². The summed E-state index contributed by atoms with van der Waals surface area (Å²) in [5.74, 6) is -0.392. The van der Waals surface area contributed by atoms with Gasteiger partial charge in [-0.05, 0) is 11.8 Å². The van der Waals surface area contributed by atoms with Gasteiger partial charge in [-0.3, -0.25) is 0 Å². The molecule has 88 valence electrons. The molecule has 0 aliphatic rings. The average Bonchev–Trinajstić information content (AvgIpc) is 2.25. The van der Waals surface area contributed by atoms with E-state index in [1.54, 1.807) is 0 Å². The first-order valence-electron chi connectivity index (χ1n) is 5.45. The molecule has 0 amide bonds. The number of hydrogen-bond donors (Lipinski definition) is 1. The van der Waals surface area contributed by atoms with Gasteiger partial charge >= 0.3 is 5.97 Å². The van der Waals surface area contributed by atoms with Crippen molar-refractivity contribution in [2.24, 2.45) is 5.41 Å². The molecular formula is C12H22O3. The molecule has 15 heavy (non-hydrogen) atoms. The van der Waals surface area contributed by atoms with Gasteiger partial charge in [-0.15, -0.1) is 0 Å². The monoisotopic (exact) mass is 214 g/mol. The molecule has 0 fully saturated rings. The lowest BCUT2D eigenvalue weighted by Crippen LogP contribution is -2.19. The van der Waals surface area contributed by atoms with Crippen LogP contribution in [0.4, 0.5) is 0 Å². The SMILES string of the molecule is C=C(CC(C)(CC)CC)C(=O)OCCO. The molecule has 0 bridgehead atoms. The van der Waals surface area contributed by atoms with Crippen molar-refractivity contribution in [2.45, 2.75) is 40.0 Å². The smallest absolute Gasteiger partial charge is 0.333 e. The van der Waals surface area contributed by atoms with Crippen LogP contribution >= 0.6 is 0 Å². The summed E-state index contributed by atoms with van der Waals surface area (Å²) in [6.07, 6.45) is 2.68. The molecule has 1 N–H and O–H groups in total. The standard InChI is InChI=1S/C12H22O3/c1-5-12(4,6-2)9-10(3)11(14)15-8-7-13/h13H,3,5-9H2,1-2,4H3. The topological polar surface area (TPSA) is 46.5 Å². The molecule has 0 aliphatic carbocycles. The van der Waals surface area contributed by atoms with E-state index >= 15 is 0 Å². The molecular weight excluding hydrogens is 192 g/mol. The number of ether oxygens (including phenoxy) is 1. The molecule has 0 atom stereocenters. The Morgan fingerprint density at radius 1 is 1.40 bits per heavy atom. The van der Waals surface area contributed by atoms with Gasteiger partial charge in [-0.25, -0.2) is 4.79 Å². The summed E-state index contributed by atoms with van der Waals surface area (Å²) in [6, 6.07) is 0. The summed E-state index contributed by atoms with van der Waals surface area (Å²) in [7, 11) is 0. The van der Waals surface area contributed by atoms with E-state index in [-0.39, 0.29) is 18.6 Å². The fraction of sp³-hybridized carbons (Fsp3) is 0.750. The van der Waals surface area contributed by atoms with Gasteiger partial charge in [-0.2, -0.15) is 0 Å². The summed E-state index contributed by atoms with van der Waals surface area (Å²) in [5, 5.41) is 8.51. The quantitative estimate of drug-likeness (QED) is 0.522. The maximum atomic E-state index is 11.4. The molecule has 0 saturated carbocycles. The van der Waals surface area contributed by atoms with Crippen molar-refractivity contribution >= 4 is 5.97 Å². The van der Waals surface area contributed by atoms with E-state index in [1.807, 2.05) is 0 Å². The largest absolute Gasteiger partial charge is 0.460 e. The number of esters is 1. The van der Waals surface area contributed by atoms with Crippen LogP contribution in [-0.2, 0) is 9.53 Å². The highest BCUT2D eigenvalue weighted by Crippen LogP contribution is 2.32. The summed E-state index contributed by atoms with van der Waals surface area (Å²) < 4.78 is 4.80. The van der Waals surface area contributed by atoms with E-state index in [4.69, 9.17) is 9.84 Å². The third-order valence-electron chi connectivity index (χ3n) is 2.96. The number of carbonyl (C=O) groups is 1. The van der Waals surface area contributed by atoms with Crippen molar-refractivity contribution in [3.8, 4) is 0 Å². The first-order valence-corrected chi connectivity index (χ1v) is 5.45. The first kappa shape index (κ1) is 14.2. The summed E-state index contributed by atoms with van der Waals surface area (Å²) >= 11 is 0. The van der Waals surface area contributed by atoms with Gasteiger partial charge in [0.1, 0.15) is 6.61 Å². The fourth-order valence-electron chi connectivity index (χ4n) is 1.33. The maximum absolute atomic E-state index is 11.4. The molecule has 0 aromatic carbocycles. The van der Waals surface area contributed by atoms with Gasteiger partial charge in [0.05, 0.1) is 6.61 Å². The zero-order valence-corrected chi connectivity index (χ0v) is 10.0. The van der Waals surface area contributed by atoms with Gasteiger partial charge in [0.15, 0.2) is 0 Å². The van der Waals surface area contributed by atoms with E-state index in [1.165, 1.54) is 0 Å². The Hall–Kier alpha value is -0.830. The van der Waals surface area contributed by atoms with E-state index in [0.717, 1.165) is 12.8 Å². The Morgan fingerprint density at radius 3 is 2.33 bits per heavy atom. The van der Waals surface area contributed by atoms with E-state index in [0.29, 0.717) is 12.0 Å². The predicted molar refractivity (Wildman–Crippen MR) is 60.5 cm³/mol. The number of aliphatic hydroxyl groups excluding tert-OH is 1. The molecule has 0 spiro atoms. The van der Waals surface area contributed by atoms with E-state index in [9.17, 15) is 4.79 Å². The fourth-order valence-corrected chi connectivity index (χ4v) is 1.33. The summed E-state index contributed by atoms with van der Waals surface area (Å²) in [5.41, 5.74) is 0.615. The number of aliphatic hydroxyl groups is 1. The molecule has 0 radical (unpaired) electrons. The minimum absolute atomic E-state index is 0.0484. The normalized spacial score (nSPS) is 11.2. The van der Waals surface area contributed by atoms with Crippen LogP contribution in [0.1, 0.15) is 40.0 Å². The first-order chi connectivity index (χ1) is 6.99. The molecule has 3 heteroatoms. The minimum atomic E-state index is -0.392. The lowest BCUT2D eigenvalue weighted by Gasteiger charge is -2.26. The molecule has 0 unspecified atom stereocenters. The second-order valence-corrected chi connectivity index (χ2v) is 4.16. The Morgan fingerprint density at radius 2 is 1.93 bits per heavy atom. The third kappa shape index (κ3) is 4.98. The highest BCUT2D eigenvalue weighted by molar-refractivity contribution is 5.87. The highest BCUT2D eigenvalue weighted by Gasteiger charge is 2.23. The Bertz CT molecular complexity index is 217. The van der Waals surface area contributed by atoms with Crippen LogP contribution in [0.15, 0.2) is 12.2 Å². The van der Waals surface area contributed by atoms with Gasteiger partial charge in [-0.1, -0.05) is 40.2 Å². The maximum Gasteiger partial charge on any atom is 0.333 e. The van der Waals surface area contributed by atoms with Crippen LogP contribution in [0.3, 0.4) is 0 Å². The second kappa shape index (κ2) is 6.62.